The van der Waals surface area contributed by atoms with Crippen LogP contribution in [0.15, 0.2) is 48.5 Å². The highest BCUT2D eigenvalue weighted by Gasteiger charge is 2.37. The molecule has 0 saturated carbocycles. The molecule has 0 aliphatic rings. The Labute approximate surface area is 146 Å². The summed E-state index contributed by atoms with van der Waals surface area (Å²) in [5, 5.41) is 2.86. The third-order valence-corrected chi connectivity index (χ3v) is 3.98. The van der Waals surface area contributed by atoms with Crippen LogP contribution in [0.25, 0.3) is 11.0 Å². The Hall–Kier alpha value is -2.54. The van der Waals surface area contributed by atoms with E-state index in [2.05, 4.69) is 10.3 Å². The summed E-state index contributed by atoms with van der Waals surface area (Å²) in [7, 11) is 0. The predicted octanol–water partition coefficient (Wildman–Crippen LogP) is 4.14. The molecule has 3 rings (SSSR count). The molecule has 25 heavy (non-hydrogen) atoms. The maximum absolute atomic E-state index is 13.2. The Morgan fingerprint density at radius 1 is 1.12 bits per heavy atom. The summed E-state index contributed by atoms with van der Waals surface area (Å²) in [4.78, 5) is 15.8. The highest BCUT2D eigenvalue weighted by molar-refractivity contribution is 6.33. The molecule has 0 atom stereocenters. The number of aromatic nitrogens is 2. The summed E-state index contributed by atoms with van der Waals surface area (Å²) in [6, 6.07) is 12.8. The SMILES string of the molecule is O=C(NCCn1c(C(F)(F)F)nc2ccccc21)c1ccccc1Cl. The first-order valence-electron chi connectivity index (χ1n) is 7.43. The van der Waals surface area contributed by atoms with Crippen LogP contribution in [0.3, 0.4) is 0 Å². The fraction of sp³-hybridized carbons (Fsp3) is 0.176. The van der Waals surface area contributed by atoms with Crippen molar-refractivity contribution in [3.05, 3.63) is 64.9 Å². The number of hydrogen-bond donors (Lipinski definition) is 1. The topological polar surface area (TPSA) is 46.9 Å². The predicted molar refractivity (Wildman–Crippen MR) is 88.5 cm³/mol. The molecule has 2 aromatic carbocycles. The number of benzene rings is 2. The summed E-state index contributed by atoms with van der Waals surface area (Å²) in [5.41, 5.74) is 0.893. The van der Waals surface area contributed by atoms with Gasteiger partial charge in [-0.3, -0.25) is 4.79 Å². The van der Waals surface area contributed by atoms with Crippen molar-refractivity contribution in [2.75, 3.05) is 6.54 Å². The van der Waals surface area contributed by atoms with Gasteiger partial charge in [0.2, 0.25) is 5.82 Å². The second kappa shape index (κ2) is 6.76. The van der Waals surface area contributed by atoms with Crippen molar-refractivity contribution >= 4 is 28.5 Å². The number of halogens is 4. The van der Waals surface area contributed by atoms with E-state index in [1.54, 1.807) is 42.5 Å². The molecule has 8 heteroatoms. The van der Waals surface area contributed by atoms with Crippen molar-refractivity contribution in [3.63, 3.8) is 0 Å². The van der Waals surface area contributed by atoms with E-state index in [9.17, 15) is 18.0 Å². The molecule has 3 aromatic rings. The quantitative estimate of drug-likeness (QED) is 0.753. The molecule has 4 nitrogen and oxygen atoms in total. The lowest BCUT2D eigenvalue weighted by molar-refractivity contribution is -0.146. The fourth-order valence-corrected chi connectivity index (χ4v) is 2.76. The number of para-hydroxylation sites is 2. The number of nitrogens with zero attached hydrogens (tertiary/aromatic N) is 2. The molecule has 0 aliphatic carbocycles. The number of imidazole rings is 1. The highest BCUT2D eigenvalue weighted by Crippen LogP contribution is 2.31. The van der Waals surface area contributed by atoms with Crippen LogP contribution in [0.5, 0.6) is 0 Å². The molecule has 0 radical (unpaired) electrons. The average molecular weight is 368 g/mol. The number of fused-ring (bicyclic) bond motifs is 1. The molecule has 0 unspecified atom stereocenters. The number of nitrogens with one attached hydrogen (secondary N) is 1. The van der Waals surface area contributed by atoms with Crippen LogP contribution >= 0.6 is 11.6 Å². The zero-order valence-corrected chi connectivity index (χ0v) is 13.6. The molecule has 1 N–H and O–H groups in total. The monoisotopic (exact) mass is 367 g/mol. The van der Waals surface area contributed by atoms with Crippen LogP contribution in [-0.2, 0) is 12.7 Å². The molecular formula is C17H13ClF3N3O. The largest absolute Gasteiger partial charge is 0.449 e. The molecule has 0 fully saturated rings. The van der Waals surface area contributed by atoms with Crippen molar-refractivity contribution in [3.8, 4) is 0 Å². The highest BCUT2D eigenvalue weighted by atomic mass is 35.5. The normalized spacial score (nSPS) is 11.7. The third kappa shape index (κ3) is 3.61. The van der Waals surface area contributed by atoms with Gasteiger partial charge >= 0.3 is 6.18 Å². The van der Waals surface area contributed by atoms with Gasteiger partial charge in [-0.15, -0.1) is 0 Å². The van der Waals surface area contributed by atoms with Crippen molar-refractivity contribution in [1.82, 2.24) is 14.9 Å². The molecule has 0 spiro atoms. The number of hydrogen-bond acceptors (Lipinski definition) is 2. The van der Waals surface area contributed by atoms with E-state index >= 15 is 0 Å². The van der Waals surface area contributed by atoms with Gasteiger partial charge in [0.15, 0.2) is 0 Å². The molecule has 0 saturated heterocycles. The van der Waals surface area contributed by atoms with E-state index < -0.39 is 17.9 Å². The number of alkyl halides is 3. The zero-order valence-electron chi connectivity index (χ0n) is 12.8. The molecule has 1 amide bonds. The van der Waals surface area contributed by atoms with Gasteiger partial charge in [-0.05, 0) is 24.3 Å². The van der Waals surface area contributed by atoms with Crippen LogP contribution in [-0.4, -0.2) is 22.0 Å². The van der Waals surface area contributed by atoms with Gasteiger partial charge in [-0.25, -0.2) is 4.98 Å². The lowest BCUT2D eigenvalue weighted by Gasteiger charge is -2.12. The second-order valence-corrected chi connectivity index (χ2v) is 5.72. The molecule has 130 valence electrons. The average Bonchev–Trinajstić information content (AvgIpc) is 2.94. The summed E-state index contributed by atoms with van der Waals surface area (Å²) < 4.78 is 40.7. The van der Waals surface area contributed by atoms with Crippen molar-refractivity contribution in [1.29, 1.82) is 0 Å². The number of amides is 1. The first kappa shape index (κ1) is 17.3. The molecule has 0 bridgehead atoms. The summed E-state index contributed by atoms with van der Waals surface area (Å²) in [6.45, 7) is -0.0565. The molecule has 0 aliphatic heterocycles. The first-order chi connectivity index (χ1) is 11.9. The van der Waals surface area contributed by atoms with Gasteiger partial charge in [0.05, 0.1) is 21.6 Å². The van der Waals surface area contributed by atoms with Gasteiger partial charge in [0, 0.05) is 13.1 Å². The van der Waals surface area contributed by atoms with Crippen LogP contribution in [0, 0.1) is 0 Å². The van der Waals surface area contributed by atoms with E-state index in [0.717, 1.165) is 4.57 Å². The van der Waals surface area contributed by atoms with E-state index in [1.165, 1.54) is 6.07 Å². The van der Waals surface area contributed by atoms with Gasteiger partial charge < -0.3 is 9.88 Å². The van der Waals surface area contributed by atoms with Gasteiger partial charge in [0.1, 0.15) is 0 Å². The zero-order chi connectivity index (χ0) is 18.0. The van der Waals surface area contributed by atoms with E-state index in [-0.39, 0.29) is 29.2 Å². The Bertz CT molecular complexity index is 921. The van der Waals surface area contributed by atoms with Crippen molar-refractivity contribution < 1.29 is 18.0 Å². The fourth-order valence-electron chi connectivity index (χ4n) is 2.54. The minimum Gasteiger partial charge on any atom is -0.350 e. The van der Waals surface area contributed by atoms with Crippen LogP contribution in [0.2, 0.25) is 5.02 Å². The van der Waals surface area contributed by atoms with Crippen LogP contribution in [0.4, 0.5) is 13.2 Å². The third-order valence-electron chi connectivity index (χ3n) is 3.65. The summed E-state index contributed by atoms with van der Waals surface area (Å²) in [5.74, 6) is -1.43. The van der Waals surface area contributed by atoms with Gasteiger partial charge in [-0.2, -0.15) is 13.2 Å². The van der Waals surface area contributed by atoms with Gasteiger partial charge in [-0.1, -0.05) is 35.9 Å². The lowest BCUT2D eigenvalue weighted by atomic mass is 10.2. The standard InChI is InChI=1S/C17H13ClF3N3O/c18-12-6-2-1-5-11(12)15(25)22-9-10-24-14-8-4-3-7-13(14)23-16(24)17(19,20)21/h1-8H,9-10H2,(H,22,25). The van der Waals surface area contributed by atoms with E-state index in [0.29, 0.717) is 5.52 Å². The number of carbonyl (C=O) groups is 1. The summed E-state index contributed by atoms with van der Waals surface area (Å²) in [6.07, 6.45) is -4.58. The van der Waals surface area contributed by atoms with E-state index in [4.69, 9.17) is 11.6 Å². The Morgan fingerprint density at radius 3 is 2.52 bits per heavy atom. The number of rotatable bonds is 4. The minimum absolute atomic E-state index is 0.00743. The molecule has 1 heterocycles. The van der Waals surface area contributed by atoms with Crippen LogP contribution in [0.1, 0.15) is 16.2 Å². The number of carbonyl (C=O) groups excluding carboxylic acids is 1. The Balaban J connectivity index is 1.79. The van der Waals surface area contributed by atoms with Crippen molar-refractivity contribution in [2.45, 2.75) is 12.7 Å². The minimum atomic E-state index is -4.58. The van der Waals surface area contributed by atoms with Crippen LogP contribution < -0.4 is 5.32 Å². The second-order valence-electron chi connectivity index (χ2n) is 5.31. The first-order valence-corrected chi connectivity index (χ1v) is 7.81. The van der Waals surface area contributed by atoms with Gasteiger partial charge in [0.25, 0.3) is 5.91 Å². The maximum Gasteiger partial charge on any atom is 0.449 e. The Morgan fingerprint density at radius 2 is 1.80 bits per heavy atom. The lowest BCUT2D eigenvalue weighted by Crippen LogP contribution is -2.28. The summed E-state index contributed by atoms with van der Waals surface area (Å²) >= 11 is 5.94. The van der Waals surface area contributed by atoms with Crippen molar-refractivity contribution in [2.24, 2.45) is 0 Å². The smallest absolute Gasteiger partial charge is 0.350 e. The maximum atomic E-state index is 13.2. The molecule has 1 aromatic heterocycles. The Kier molecular flexibility index (Phi) is 4.67. The van der Waals surface area contributed by atoms with E-state index in [1.807, 2.05) is 0 Å². The molecular weight excluding hydrogens is 355 g/mol.